The van der Waals surface area contributed by atoms with Crippen molar-refractivity contribution in [1.82, 2.24) is 15.5 Å². The fourth-order valence-electron chi connectivity index (χ4n) is 1.22. The van der Waals surface area contributed by atoms with E-state index in [9.17, 15) is 4.79 Å². The van der Waals surface area contributed by atoms with Gasteiger partial charge in [0.25, 0.3) is 0 Å². The second-order valence-corrected chi connectivity index (χ2v) is 3.76. The van der Waals surface area contributed by atoms with Crippen LogP contribution in [0.3, 0.4) is 0 Å². The van der Waals surface area contributed by atoms with Gasteiger partial charge in [-0.1, -0.05) is 12.0 Å². The van der Waals surface area contributed by atoms with E-state index < -0.39 is 0 Å². The summed E-state index contributed by atoms with van der Waals surface area (Å²) in [6.45, 7) is 5.34. The van der Waals surface area contributed by atoms with Crippen LogP contribution in [0.5, 0.6) is 0 Å². The lowest BCUT2D eigenvalue weighted by atomic mass is 10.3. The number of amides is 1. The summed E-state index contributed by atoms with van der Waals surface area (Å²) in [6, 6.07) is 0.334. The van der Waals surface area contributed by atoms with Gasteiger partial charge in [0.15, 0.2) is 0 Å². The van der Waals surface area contributed by atoms with E-state index in [1.807, 2.05) is 6.92 Å². The van der Waals surface area contributed by atoms with E-state index in [1.54, 1.807) is 0 Å². The molecule has 4 N–H and O–H groups in total. The van der Waals surface area contributed by atoms with Crippen LogP contribution in [0.15, 0.2) is 4.42 Å². The Hall–Kier alpha value is -1.63. The van der Waals surface area contributed by atoms with E-state index in [2.05, 4.69) is 27.8 Å². The van der Waals surface area contributed by atoms with Crippen LogP contribution >= 0.6 is 0 Å². The van der Waals surface area contributed by atoms with E-state index in [0.717, 1.165) is 13.0 Å². The fraction of sp³-hybridized carbons (Fsp3) is 0.700. The largest absolute Gasteiger partial charge is 0.406 e. The van der Waals surface area contributed by atoms with Gasteiger partial charge in [-0.2, -0.15) is 0 Å². The third kappa shape index (κ3) is 4.81. The van der Waals surface area contributed by atoms with E-state index in [4.69, 9.17) is 10.2 Å². The van der Waals surface area contributed by atoms with Crippen molar-refractivity contribution in [2.75, 3.05) is 18.4 Å². The topological polar surface area (TPSA) is 106 Å². The molecule has 0 aliphatic heterocycles. The summed E-state index contributed by atoms with van der Waals surface area (Å²) in [6.07, 6.45) is 1.28. The highest BCUT2D eigenvalue weighted by Crippen LogP contribution is 2.13. The number of nitrogens with zero attached hydrogens (tertiary/aromatic N) is 2. The third-order valence-electron chi connectivity index (χ3n) is 2.16. The molecule has 0 aliphatic rings. The molecule has 0 aliphatic carbocycles. The molecule has 1 amide bonds. The second kappa shape index (κ2) is 6.85. The molecule has 17 heavy (non-hydrogen) atoms. The lowest BCUT2D eigenvalue weighted by Gasteiger charge is -2.07. The fourth-order valence-corrected chi connectivity index (χ4v) is 1.22. The Morgan fingerprint density at radius 2 is 2.24 bits per heavy atom. The van der Waals surface area contributed by atoms with Gasteiger partial charge in [-0.05, 0) is 19.9 Å². The molecule has 0 saturated heterocycles. The minimum absolute atomic E-state index is 0.0224. The number of hydrogen-bond donors (Lipinski definition) is 3. The van der Waals surface area contributed by atoms with Crippen LogP contribution in [0.4, 0.5) is 6.01 Å². The predicted octanol–water partition coefficient (Wildman–Crippen LogP) is 0.418. The molecule has 96 valence electrons. The molecule has 0 bridgehead atoms. The summed E-state index contributed by atoms with van der Waals surface area (Å²) in [5.41, 5.74) is 5.01. The highest BCUT2D eigenvalue weighted by molar-refractivity contribution is 5.74. The maximum absolute atomic E-state index is 10.5. The van der Waals surface area contributed by atoms with Gasteiger partial charge in [-0.3, -0.25) is 4.79 Å². The Morgan fingerprint density at radius 1 is 1.47 bits per heavy atom. The molecule has 0 radical (unpaired) electrons. The molecular weight excluding hydrogens is 222 g/mol. The summed E-state index contributed by atoms with van der Waals surface area (Å²) in [5.74, 6) is 0.162. The molecule has 1 rings (SSSR count). The van der Waals surface area contributed by atoms with Crippen LogP contribution in [0, 0.1) is 0 Å². The van der Waals surface area contributed by atoms with Gasteiger partial charge in [-0.25, -0.2) is 0 Å². The summed E-state index contributed by atoms with van der Waals surface area (Å²) < 4.78 is 5.38. The number of anilines is 1. The second-order valence-electron chi connectivity index (χ2n) is 3.76. The molecular formula is C10H19N5O2. The average Bonchev–Trinajstić information content (AvgIpc) is 2.74. The van der Waals surface area contributed by atoms with Gasteiger partial charge < -0.3 is 20.8 Å². The van der Waals surface area contributed by atoms with Gasteiger partial charge >= 0.3 is 6.01 Å². The number of hydrogen-bond acceptors (Lipinski definition) is 6. The van der Waals surface area contributed by atoms with Crippen LogP contribution in [0.25, 0.3) is 0 Å². The molecule has 0 fully saturated rings. The zero-order chi connectivity index (χ0) is 12.7. The number of aromatic nitrogens is 2. The summed E-state index contributed by atoms with van der Waals surface area (Å²) in [4.78, 5) is 10.5. The van der Waals surface area contributed by atoms with Crippen LogP contribution < -0.4 is 16.4 Å². The number of nitrogens with one attached hydrogen (secondary N) is 2. The van der Waals surface area contributed by atoms with Crippen molar-refractivity contribution >= 4 is 11.9 Å². The Bertz CT molecular complexity index is 352. The monoisotopic (exact) mass is 241 g/mol. The Kier molecular flexibility index (Phi) is 5.41. The standard InChI is InChI=1S/C10H19N5O2/c1-3-5-12-7(2)9-14-15-10(17-9)13-6-4-8(11)16/h7,12H,3-6H2,1-2H3,(H2,11,16)(H,13,15). The Balaban J connectivity index is 2.39. The van der Waals surface area contributed by atoms with Crippen molar-refractivity contribution in [3.63, 3.8) is 0 Å². The molecule has 7 heteroatoms. The van der Waals surface area contributed by atoms with Crippen molar-refractivity contribution in [2.24, 2.45) is 5.73 Å². The lowest BCUT2D eigenvalue weighted by molar-refractivity contribution is -0.117. The first-order valence-electron chi connectivity index (χ1n) is 5.72. The van der Waals surface area contributed by atoms with E-state index in [-0.39, 0.29) is 18.4 Å². The van der Waals surface area contributed by atoms with Gasteiger partial charge in [0.2, 0.25) is 11.8 Å². The molecule has 1 aromatic rings. The highest BCUT2D eigenvalue weighted by Gasteiger charge is 2.12. The van der Waals surface area contributed by atoms with Crippen LogP contribution in [0.1, 0.15) is 38.6 Å². The Labute approximate surface area is 100 Å². The SMILES string of the molecule is CCCNC(C)c1nnc(NCCC(N)=O)o1. The smallest absolute Gasteiger partial charge is 0.315 e. The first-order chi connectivity index (χ1) is 8.13. The van der Waals surface area contributed by atoms with Gasteiger partial charge in [0.05, 0.1) is 6.04 Å². The first-order valence-corrected chi connectivity index (χ1v) is 5.72. The van der Waals surface area contributed by atoms with Crippen LogP contribution in [-0.4, -0.2) is 29.2 Å². The average molecular weight is 241 g/mol. The molecule has 7 nitrogen and oxygen atoms in total. The van der Waals surface area contributed by atoms with Gasteiger partial charge in [0, 0.05) is 13.0 Å². The maximum Gasteiger partial charge on any atom is 0.315 e. The number of carbonyl (C=O) groups is 1. The molecule has 0 saturated carbocycles. The molecule has 1 heterocycles. The maximum atomic E-state index is 10.5. The van der Waals surface area contributed by atoms with E-state index in [0.29, 0.717) is 18.5 Å². The number of rotatable bonds is 8. The lowest BCUT2D eigenvalue weighted by Crippen LogP contribution is -2.19. The van der Waals surface area contributed by atoms with Crippen LogP contribution in [-0.2, 0) is 4.79 Å². The minimum Gasteiger partial charge on any atom is -0.406 e. The van der Waals surface area contributed by atoms with Crippen molar-refractivity contribution in [1.29, 1.82) is 0 Å². The normalized spacial score (nSPS) is 12.4. The Morgan fingerprint density at radius 3 is 2.88 bits per heavy atom. The van der Waals surface area contributed by atoms with E-state index in [1.165, 1.54) is 0 Å². The zero-order valence-corrected chi connectivity index (χ0v) is 10.2. The van der Waals surface area contributed by atoms with Gasteiger partial charge in [0.1, 0.15) is 0 Å². The minimum atomic E-state index is -0.366. The summed E-state index contributed by atoms with van der Waals surface area (Å²) in [7, 11) is 0. The van der Waals surface area contributed by atoms with Crippen molar-refractivity contribution in [3.05, 3.63) is 5.89 Å². The molecule has 1 aromatic heterocycles. The van der Waals surface area contributed by atoms with Crippen molar-refractivity contribution in [2.45, 2.75) is 32.7 Å². The first kappa shape index (κ1) is 13.4. The highest BCUT2D eigenvalue weighted by atomic mass is 16.4. The zero-order valence-electron chi connectivity index (χ0n) is 10.2. The van der Waals surface area contributed by atoms with Crippen LogP contribution in [0.2, 0.25) is 0 Å². The van der Waals surface area contributed by atoms with E-state index >= 15 is 0 Å². The number of nitrogens with two attached hydrogens (primary N) is 1. The molecule has 0 aromatic carbocycles. The van der Waals surface area contributed by atoms with Crippen molar-refractivity contribution in [3.8, 4) is 0 Å². The quantitative estimate of drug-likeness (QED) is 0.609. The van der Waals surface area contributed by atoms with Crippen molar-refractivity contribution < 1.29 is 9.21 Å². The van der Waals surface area contributed by atoms with Gasteiger partial charge in [-0.15, -0.1) is 5.10 Å². The number of primary amides is 1. The summed E-state index contributed by atoms with van der Waals surface area (Å²) >= 11 is 0. The molecule has 1 atom stereocenters. The third-order valence-corrected chi connectivity index (χ3v) is 2.16. The summed E-state index contributed by atoms with van der Waals surface area (Å²) in [5, 5.41) is 13.8. The number of carbonyl (C=O) groups excluding carboxylic acids is 1. The molecule has 1 unspecified atom stereocenters. The molecule has 0 spiro atoms. The predicted molar refractivity (Wildman–Crippen MR) is 63.3 cm³/mol.